The van der Waals surface area contributed by atoms with Crippen molar-refractivity contribution in [2.45, 2.75) is 38.0 Å². The van der Waals surface area contributed by atoms with Crippen LogP contribution in [0.25, 0.3) is 0 Å². The Morgan fingerprint density at radius 3 is 2.20 bits per heavy atom. The monoisotopic (exact) mass is 450 g/mol. The number of carbonyl (C=O) groups excluding carboxylic acids is 2. The van der Waals surface area contributed by atoms with Crippen LogP contribution < -0.4 is 5.32 Å². The normalized spacial score (nSPS) is 15.8. The summed E-state index contributed by atoms with van der Waals surface area (Å²) < 4.78 is 27.4. The molecule has 30 heavy (non-hydrogen) atoms. The molecule has 8 nitrogen and oxygen atoms in total. The predicted octanol–water partition coefficient (Wildman–Crippen LogP) is 2.55. The van der Waals surface area contributed by atoms with Gasteiger partial charge in [-0.2, -0.15) is 4.31 Å². The summed E-state index contributed by atoms with van der Waals surface area (Å²) in [5.74, 6) is -0.521. The highest BCUT2D eigenvalue weighted by Crippen LogP contribution is 2.25. The Kier molecular flexibility index (Phi) is 6.30. The molecule has 0 unspecified atom stereocenters. The van der Waals surface area contributed by atoms with Gasteiger partial charge in [0.2, 0.25) is 15.9 Å². The van der Waals surface area contributed by atoms with Crippen molar-refractivity contribution in [1.82, 2.24) is 14.2 Å². The molecule has 1 aliphatic rings. The minimum absolute atomic E-state index is 0.0518. The van der Waals surface area contributed by atoms with Gasteiger partial charge < -0.3 is 10.2 Å². The van der Waals surface area contributed by atoms with Crippen molar-refractivity contribution in [3.05, 3.63) is 40.9 Å². The van der Waals surface area contributed by atoms with Crippen molar-refractivity contribution < 1.29 is 18.0 Å². The maximum absolute atomic E-state index is 13.0. The van der Waals surface area contributed by atoms with Crippen LogP contribution in [0.5, 0.6) is 0 Å². The van der Waals surface area contributed by atoms with Gasteiger partial charge in [-0.05, 0) is 23.1 Å². The molecular weight excluding hydrogens is 424 g/mol. The molecule has 10 heteroatoms. The fraction of sp³-hybridized carbons (Fsp3) is 0.450. The molecule has 1 aliphatic heterocycles. The van der Waals surface area contributed by atoms with Gasteiger partial charge in [0.15, 0.2) is 5.13 Å². The summed E-state index contributed by atoms with van der Waals surface area (Å²) in [5.41, 5.74) is 1.26. The van der Waals surface area contributed by atoms with Gasteiger partial charge in [-0.25, -0.2) is 13.4 Å². The third kappa shape index (κ3) is 4.88. The molecule has 2 heterocycles. The summed E-state index contributed by atoms with van der Waals surface area (Å²) in [6.45, 7) is 8.61. The number of nitrogens with zero attached hydrogens (tertiary/aromatic N) is 3. The number of hydrogen-bond donors (Lipinski definition) is 1. The molecule has 0 saturated carbocycles. The molecule has 1 aromatic heterocycles. The summed E-state index contributed by atoms with van der Waals surface area (Å²) in [7, 11) is -3.61. The first-order valence-electron chi connectivity index (χ1n) is 9.61. The van der Waals surface area contributed by atoms with Crippen LogP contribution in [0, 0.1) is 0 Å². The van der Waals surface area contributed by atoms with Crippen molar-refractivity contribution >= 4 is 38.3 Å². The third-order valence-electron chi connectivity index (χ3n) is 4.89. The zero-order valence-electron chi connectivity index (χ0n) is 17.5. The van der Waals surface area contributed by atoms with E-state index < -0.39 is 10.0 Å². The Morgan fingerprint density at radius 2 is 1.67 bits per heavy atom. The minimum Gasteiger partial charge on any atom is -0.335 e. The topological polar surface area (TPSA) is 99.7 Å². The molecular formula is C20H26N4O4S2. The Hall–Kier alpha value is -2.30. The van der Waals surface area contributed by atoms with E-state index in [-0.39, 0.29) is 54.0 Å². The summed E-state index contributed by atoms with van der Waals surface area (Å²) >= 11 is 1.18. The number of hydrogen-bond acceptors (Lipinski definition) is 6. The van der Waals surface area contributed by atoms with Crippen molar-refractivity contribution in [3.63, 3.8) is 0 Å². The van der Waals surface area contributed by atoms with Crippen LogP contribution in [-0.4, -0.2) is 60.6 Å². The molecule has 162 valence electrons. The molecule has 1 fully saturated rings. The molecule has 2 amide bonds. The van der Waals surface area contributed by atoms with E-state index >= 15 is 0 Å². The van der Waals surface area contributed by atoms with Gasteiger partial charge in [0, 0.05) is 38.5 Å². The Labute approximate surface area is 181 Å². The number of nitrogens with one attached hydrogen (secondary N) is 1. The van der Waals surface area contributed by atoms with Gasteiger partial charge in [-0.1, -0.05) is 32.9 Å². The first-order valence-corrected chi connectivity index (χ1v) is 11.9. The average molecular weight is 451 g/mol. The van der Waals surface area contributed by atoms with Crippen molar-refractivity contribution in [2.24, 2.45) is 0 Å². The van der Waals surface area contributed by atoms with E-state index in [1.807, 2.05) is 12.1 Å². The fourth-order valence-corrected chi connectivity index (χ4v) is 5.30. The quantitative estimate of drug-likeness (QED) is 0.772. The van der Waals surface area contributed by atoms with E-state index in [0.717, 1.165) is 5.56 Å². The van der Waals surface area contributed by atoms with Gasteiger partial charge in [-0.15, -0.1) is 11.3 Å². The minimum atomic E-state index is -3.61. The lowest BCUT2D eigenvalue weighted by Gasteiger charge is -2.33. The van der Waals surface area contributed by atoms with E-state index in [0.29, 0.717) is 5.13 Å². The number of thiazole rings is 1. The zero-order valence-corrected chi connectivity index (χ0v) is 19.1. The largest absolute Gasteiger partial charge is 0.335 e. The Bertz CT molecular complexity index is 1030. The highest BCUT2D eigenvalue weighted by Gasteiger charge is 2.31. The maximum Gasteiger partial charge on any atom is 0.273 e. The SMILES string of the molecule is CC(=O)Nc1nc(C(=O)N2CCN(S(=O)(=O)c3ccc(C(C)(C)C)cc3)CC2)cs1. The van der Waals surface area contributed by atoms with Crippen molar-refractivity contribution in [3.8, 4) is 0 Å². The summed E-state index contributed by atoms with van der Waals surface area (Å²) in [5, 5.41) is 4.51. The van der Waals surface area contributed by atoms with Crippen LogP contribution in [0.15, 0.2) is 34.5 Å². The lowest BCUT2D eigenvalue weighted by atomic mass is 9.87. The predicted molar refractivity (Wildman–Crippen MR) is 116 cm³/mol. The number of carbonyl (C=O) groups is 2. The highest BCUT2D eigenvalue weighted by molar-refractivity contribution is 7.89. The van der Waals surface area contributed by atoms with Gasteiger partial charge in [0.1, 0.15) is 5.69 Å². The molecule has 0 spiro atoms. The third-order valence-corrected chi connectivity index (χ3v) is 7.56. The molecule has 1 N–H and O–H groups in total. The van der Waals surface area contributed by atoms with Gasteiger partial charge in [0.25, 0.3) is 5.91 Å². The fourth-order valence-electron chi connectivity index (χ4n) is 3.15. The van der Waals surface area contributed by atoms with Crippen molar-refractivity contribution in [1.29, 1.82) is 0 Å². The number of sulfonamides is 1. The van der Waals surface area contributed by atoms with E-state index in [9.17, 15) is 18.0 Å². The smallest absolute Gasteiger partial charge is 0.273 e. The highest BCUT2D eigenvalue weighted by atomic mass is 32.2. The summed E-state index contributed by atoms with van der Waals surface area (Å²) in [6.07, 6.45) is 0. The zero-order chi connectivity index (χ0) is 22.1. The molecule has 2 aromatic rings. The number of piperazine rings is 1. The number of benzene rings is 1. The van der Waals surface area contributed by atoms with Crippen LogP contribution in [-0.2, 0) is 20.2 Å². The molecule has 3 rings (SSSR count). The van der Waals surface area contributed by atoms with E-state index in [1.165, 1.54) is 22.6 Å². The summed E-state index contributed by atoms with van der Waals surface area (Å²) in [4.78, 5) is 29.7. The second kappa shape index (κ2) is 8.44. The standard InChI is InChI=1S/C20H26N4O4S2/c1-14(25)21-19-22-17(13-29-19)18(26)23-9-11-24(12-10-23)30(27,28)16-7-5-15(6-8-16)20(2,3)4/h5-8,13H,9-12H2,1-4H3,(H,21,22,25). The lowest BCUT2D eigenvalue weighted by Crippen LogP contribution is -2.50. The number of rotatable bonds is 4. The van der Waals surface area contributed by atoms with Crippen LogP contribution in [0.1, 0.15) is 43.7 Å². The van der Waals surface area contributed by atoms with Crippen LogP contribution in [0.3, 0.4) is 0 Å². The second-order valence-electron chi connectivity index (χ2n) is 8.19. The van der Waals surface area contributed by atoms with Crippen molar-refractivity contribution in [2.75, 3.05) is 31.5 Å². The molecule has 0 radical (unpaired) electrons. The summed E-state index contributed by atoms with van der Waals surface area (Å²) in [6, 6.07) is 6.99. The maximum atomic E-state index is 13.0. The van der Waals surface area contributed by atoms with Gasteiger partial charge in [0.05, 0.1) is 4.90 Å². The molecule has 0 atom stereocenters. The van der Waals surface area contributed by atoms with E-state index in [4.69, 9.17) is 0 Å². The number of anilines is 1. The van der Waals surface area contributed by atoms with Gasteiger partial charge >= 0.3 is 0 Å². The van der Waals surface area contributed by atoms with E-state index in [2.05, 4.69) is 31.1 Å². The Balaban J connectivity index is 1.65. The lowest BCUT2D eigenvalue weighted by molar-refractivity contribution is -0.114. The first-order chi connectivity index (χ1) is 14.0. The Morgan fingerprint density at radius 1 is 1.07 bits per heavy atom. The van der Waals surface area contributed by atoms with Crippen LogP contribution >= 0.6 is 11.3 Å². The van der Waals surface area contributed by atoms with Gasteiger partial charge in [-0.3, -0.25) is 9.59 Å². The molecule has 1 saturated heterocycles. The van der Waals surface area contributed by atoms with Crippen LogP contribution in [0.4, 0.5) is 5.13 Å². The number of aromatic nitrogens is 1. The second-order valence-corrected chi connectivity index (χ2v) is 11.0. The molecule has 0 aliphatic carbocycles. The average Bonchev–Trinajstić information content (AvgIpc) is 3.14. The van der Waals surface area contributed by atoms with E-state index in [1.54, 1.807) is 22.4 Å². The first kappa shape index (κ1) is 22.4. The number of amides is 2. The molecule has 0 bridgehead atoms. The van der Waals surface area contributed by atoms with Crippen LogP contribution in [0.2, 0.25) is 0 Å². The molecule has 1 aromatic carbocycles.